The lowest BCUT2D eigenvalue weighted by molar-refractivity contribution is -0.146. The predicted molar refractivity (Wildman–Crippen MR) is 111 cm³/mol. The van der Waals surface area contributed by atoms with Crippen LogP contribution in [0.5, 0.6) is 0 Å². The molecule has 6 nitrogen and oxygen atoms in total. The molecule has 2 heterocycles. The molecule has 0 radical (unpaired) electrons. The number of nitrogens with zero attached hydrogens (tertiary/aromatic N) is 2. The Hall–Kier alpha value is -1.73. The second kappa shape index (κ2) is 6.64. The molecule has 1 aromatic rings. The van der Waals surface area contributed by atoms with E-state index in [2.05, 4.69) is 6.92 Å². The lowest BCUT2D eigenvalue weighted by atomic mass is 9.62. The molecule has 158 valence electrons. The summed E-state index contributed by atoms with van der Waals surface area (Å²) in [4.78, 5) is 27.9. The zero-order chi connectivity index (χ0) is 21.2. The van der Waals surface area contributed by atoms with Crippen molar-refractivity contribution in [2.75, 3.05) is 18.0 Å². The number of rotatable bonds is 3. The summed E-state index contributed by atoms with van der Waals surface area (Å²) in [6.45, 7) is 9.16. The molecule has 2 aliphatic heterocycles. The smallest absolute Gasteiger partial charge is 0.243 e. The minimum atomic E-state index is -3.55. The van der Waals surface area contributed by atoms with E-state index in [1.165, 1.54) is 21.3 Å². The van der Waals surface area contributed by atoms with Gasteiger partial charge in [0.25, 0.3) is 0 Å². The summed E-state index contributed by atoms with van der Waals surface area (Å²) in [5, 5.41) is 0. The normalized spacial score (nSPS) is 30.8. The number of carbonyl (C=O) groups excluding carboxylic acids is 2. The van der Waals surface area contributed by atoms with Gasteiger partial charge >= 0.3 is 0 Å². The summed E-state index contributed by atoms with van der Waals surface area (Å²) in [7, 11) is -3.55. The van der Waals surface area contributed by atoms with Crippen LogP contribution in [0.25, 0.3) is 0 Å². The quantitative estimate of drug-likeness (QED) is 0.705. The Balaban J connectivity index is 1.62. The van der Waals surface area contributed by atoms with E-state index in [9.17, 15) is 18.0 Å². The molecule has 1 saturated carbocycles. The Labute approximate surface area is 173 Å². The van der Waals surface area contributed by atoms with E-state index < -0.39 is 15.4 Å². The predicted octanol–water partition coefficient (Wildman–Crippen LogP) is 3.42. The average Bonchev–Trinajstić information content (AvgIpc) is 2.86. The number of fused-ring (bicyclic) bond motifs is 2. The van der Waals surface area contributed by atoms with E-state index in [-0.39, 0.29) is 28.0 Å². The molecule has 3 aliphatic rings. The van der Waals surface area contributed by atoms with Crippen molar-refractivity contribution in [3.63, 3.8) is 0 Å². The fourth-order valence-corrected chi connectivity index (χ4v) is 6.67. The summed E-state index contributed by atoms with van der Waals surface area (Å²) in [5.74, 6) is 0.00219. The van der Waals surface area contributed by atoms with E-state index >= 15 is 0 Å². The SMILES string of the molecule is CC1CCN(S(=O)(=O)c2ccc(N3C(=O)[C@H]4CC[C@@](C)(C3=O)C4(C)C)cc2)CC1. The van der Waals surface area contributed by atoms with Gasteiger partial charge in [0.2, 0.25) is 21.8 Å². The number of amides is 2. The van der Waals surface area contributed by atoms with E-state index in [0.29, 0.717) is 37.5 Å². The average molecular weight is 419 g/mol. The number of sulfonamides is 1. The van der Waals surface area contributed by atoms with Gasteiger partial charge in [-0.25, -0.2) is 13.3 Å². The molecule has 0 N–H and O–H groups in total. The highest BCUT2D eigenvalue weighted by Gasteiger charge is 2.64. The molecule has 2 saturated heterocycles. The summed E-state index contributed by atoms with van der Waals surface area (Å²) in [6.07, 6.45) is 3.14. The molecule has 1 aliphatic carbocycles. The fourth-order valence-electron chi connectivity index (χ4n) is 5.20. The van der Waals surface area contributed by atoms with Crippen LogP contribution in [-0.4, -0.2) is 37.6 Å². The first-order valence-corrected chi connectivity index (χ1v) is 11.9. The Morgan fingerprint density at radius 3 is 2.14 bits per heavy atom. The van der Waals surface area contributed by atoms with Crippen molar-refractivity contribution >= 4 is 27.5 Å². The Morgan fingerprint density at radius 2 is 1.55 bits per heavy atom. The van der Waals surface area contributed by atoms with Gasteiger partial charge in [0.1, 0.15) is 0 Å². The Bertz CT molecular complexity index is 946. The minimum absolute atomic E-state index is 0.171. The first kappa shape index (κ1) is 20.5. The lowest BCUT2D eigenvalue weighted by Gasteiger charge is -2.47. The largest absolute Gasteiger partial charge is 0.274 e. The number of hydrogen-bond acceptors (Lipinski definition) is 4. The van der Waals surface area contributed by atoms with Crippen molar-refractivity contribution in [3.05, 3.63) is 24.3 Å². The van der Waals surface area contributed by atoms with E-state index in [4.69, 9.17) is 0 Å². The van der Waals surface area contributed by atoms with Crippen LogP contribution in [0.15, 0.2) is 29.2 Å². The van der Waals surface area contributed by atoms with Crippen molar-refractivity contribution in [2.24, 2.45) is 22.7 Å². The monoisotopic (exact) mass is 418 g/mol. The van der Waals surface area contributed by atoms with Crippen LogP contribution in [0, 0.1) is 22.7 Å². The van der Waals surface area contributed by atoms with Crippen LogP contribution in [0.1, 0.15) is 53.4 Å². The molecule has 1 aromatic carbocycles. The maximum absolute atomic E-state index is 13.3. The van der Waals surface area contributed by atoms with Crippen LogP contribution in [0.3, 0.4) is 0 Å². The molecule has 4 rings (SSSR count). The first-order valence-electron chi connectivity index (χ1n) is 10.5. The third kappa shape index (κ3) is 2.88. The molecular formula is C22H30N2O4S. The second-order valence-corrected chi connectivity index (χ2v) is 11.6. The molecule has 7 heteroatoms. The third-order valence-electron chi connectivity index (χ3n) is 7.90. The number of anilines is 1. The number of carbonyl (C=O) groups is 2. The second-order valence-electron chi connectivity index (χ2n) is 9.70. The molecule has 3 fully saturated rings. The van der Waals surface area contributed by atoms with E-state index in [1.54, 1.807) is 12.1 Å². The maximum Gasteiger partial charge on any atom is 0.243 e. The third-order valence-corrected chi connectivity index (χ3v) is 9.81. The van der Waals surface area contributed by atoms with Crippen molar-refractivity contribution in [1.82, 2.24) is 4.31 Å². The van der Waals surface area contributed by atoms with Crippen LogP contribution >= 0.6 is 0 Å². The molecule has 0 unspecified atom stereocenters. The number of benzene rings is 1. The molecule has 29 heavy (non-hydrogen) atoms. The van der Waals surface area contributed by atoms with Gasteiger partial charge in [-0.3, -0.25) is 9.59 Å². The number of imide groups is 1. The van der Waals surface area contributed by atoms with Gasteiger partial charge < -0.3 is 0 Å². The van der Waals surface area contributed by atoms with Gasteiger partial charge in [0.15, 0.2) is 0 Å². The van der Waals surface area contributed by atoms with E-state index in [1.807, 2.05) is 20.8 Å². The van der Waals surface area contributed by atoms with Gasteiger partial charge in [-0.2, -0.15) is 4.31 Å². The molecule has 0 spiro atoms. The van der Waals surface area contributed by atoms with Crippen LogP contribution in [0.4, 0.5) is 5.69 Å². The molecule has 0 aromatic heterocycles. The van der Waals surface area contributed by atoms with Gasteiger partial charge in [-0.1, -0.05) is 27.7 Å². The van der Waals surface area contributed by atoms with Crippen molar-refractivity contribution in [2.45, 2.75) is 58.3 Å². The van der Waals surface area contributed by atoms with Crippen LogP contribution in [-0.2, 0) is 19.6 Å². The zero-order valence-electron chi connectivity index (χ0n) is 17.6. The maximum atomic E-state index is 13.3. The van der Waals surface area contributed by atoms with Crippen LogP contribution in [0.2, 0.25) is 0 Å². The van der Waals surface area contributed by atoms with Crippen molar-refractivity contribution < 1.29 is 18.0 Å². The topological polar surface area (TPSA) is 74.8 Å². The Morgan fingerprint density at radius 1 is 0.966 bits per heavy atom. The lowest BCUT2D eigenvalue weighted by Crippen LogP contribution is -2.59. The summed E-state index contributed by atoms with van der Waals surface area (Å²) >= 11 is 0. The highest BCUT2D eigenvalue weighted by Crippen LogP contribution is 2.60. The molecule has 2 atom stereocenters. The summed E-state index contributed by atoms with van der Waals surface area (Å²) in [5.41, 5.74) is -0.493. The van der Waals surface area contributed by atoms with Gasteiger partial charge in [-0.05, 0) is 61.3 Å². The van der Waals surface area contributed by atoms with Crippen molar-refractivity contribution in [1.29, 1.82) is 0 Å². The Kier molecular flexibility index (Phi) is 4.70. The van der Waals surface area contributed by atoms with Crippen LogP contribution < -0.4 is 4.90 Å². The fraction of sp³-hybridized carbons (Fsp3) is 0.636. The number of hydrogen-bond donors (Lipinski definition) is 0. The highest BCUT2D eigenvalue weighted by molar-refractivity contribution is 7.89. The van der Waals surface area contributed by atoms with Gasteiger partial charge in [-0.15, -0.1) is 0 Å². The zero-order valence-corrected chi connectivity index (χ0v) is 18.5. The standard InChI is InChI=1S/C22H30N2O4S/c1-15-10-13-23(14-11-15)29(27,28)17-7-5-16(6-8-17)24-19(25)18-9-12-22(4,20(24)26)21(18,2)3/h5-8,15,18H,9-14H2,1-4H3/t18-,22+/m1/s1. The van der Waals surface area contributed by atoms with Gasteiger partial charge in [0, 0.05) is 19.0 Å². The molecular weight excluding hydrogens is 388 g/mol. The highest BCUT2D eigenvalue weighted by atomic mass is 32.2. The summed E-state index contributed by atoms with van der Waals surface area (Å²) in [6, 6.07) is 6.23. The molecule has 2 bridgehead atoms. The minimum Gasteiger partial charge on any atom is -0.274 e. The molecule has 2 amide bonds. The van der Waals surface area contributed by atoms with Gasteiger partial charge in [0.05, 0.1) is 16.0 Å². The first-order chi connectivity index (χ1) is 13.5. The van der Waals surface area contributed by atoms with E-state index in [0.717, 1.165) is 12.8 Å². The van der Waals surface area contributed by atoms with Crippen molar-refractivity contribution in [3.8, 4) is 0 Å². The number of piperidine rings is 2. The summed E-state index contributed by atoms with van der Waals surface area (Å²) < 4.78 is 27.4.